The van der Waals surface area contributed by atoms with Gasteiger partial charge >= 0.3 is 18.9 Å². The molecule has 3 nitrogen and oxygen atoms in total. The zero-order valence-electron chi connectivity index (χ0n) is 4.55. The Morgan fingerprint density at radius 1 is 1.38 bits per heavy atom. The molecule has 0 atom stereocenters. The van der Waals surface area contributed by atoms with Crippen molar-refractivity contribution in [3.05, 3.63) is 0 Å². The number of ether oxygens (including phenoxy) is 2. The number of aliphatic hydroxyl groups is 1. The number of hydrogen-bond donors (Lipinski definition) is 1. The molecule has 0 rings (SSSR count). The van der Waals surface area contributed by atoms with Crippen LogP contribution in [0.2, 0.25) is 0 Å². The first-order valence-electron chi connectivity index (χ1n) is 2.01. The van der Waals surface area contributed by atoms with E-state index in [2.05, 4.69) is 9.47 Å². The van der Waals surface area contributed by atoms with E-state index in [0.29, 0.717) is 0 Å². The molecule has 1 N–H and O–H groups in total. The molecule has 0 saturated carbocycles. The normalized spacial score (nSPS) is 9.00. The molecule has 8 heavy (non-hydrogen) atoms. The molecule has 46 valence electrons. The van der Waals surface area contributed by atoms with Gasteiger partial charge in [0.05, 0.1) is 6.61 Å². The van der Waals surface area contributed by atoms with Gasteiger partial charge in [-0.1, -0.05) is 0 Å². The van der Waals surface area contributed by atoms with Crippen LogP contribution in [0.5, 0.6) is 0 Å². The van der Waals surface area contributed by atoms with Crippen molar-refractivity contribution in [1.29, 1.82) is 0 Å². The van der Waals surface area contributed by atoms with Crippen LogP contribution in [0.15, 0.2) is 0 Å². The molecule has 0 aliphatic carbocycles. The standard InChI is InChI=1S/C4H10O3.Li.H/c1-6-4(3-5)7-2;;/h4-5H,3H2,1-2H3;;. The van der Waals surface area contributed by atoms with Crippen LogP contribution in [0.1, 0.15) is 0 Å². The fraction of sp³-hybridized carbons (Fsp3) is 1.00. The Bertz CT molecular complexity index is 32.8. The molecular weight excluding hydrogens is 103 g/mol. The first kappa shape index (κ1) is 11.3. The van der Waals surface area contributed by atoms with Gasteiger partial charge in [-0.25, -0.2) is 0 Å². The van der Waals surface area contributed by atoms with Crippen molar-refractivity contribution < 1.29 is 14.6 Å². The Morgan fingerprint density at radius 2 is 1.75 bits per heavy atom. The van der Waals surface area contributed by atoms with E-state index < -0.39 is 6.29 Å². The molecule has 0 heterocycles. The molecule has 0 aromatic rings. The molecule has 0 amide bonds. The van der Waals surface area contributed by atoms with E-state index in [1.807, 2.05) is 0 Å². The minimum absolute atomic E-state index is 0. The summed E-state index contributed by atoms with van der Waals surface area (Å²) >= 11 is 0. The average molecular weight is 114 g/mol. The van der Waals surface area contributed by atoms with Crippen molar-refractivity contribution in [1.82, 2.24) is 0 Å². The second-order valence-electron chi connectivity index (χ2n) is 1.08. The average Bonchev–Trinajstić information content (AvgIpc) is 1.72. The topological polar surface area (TPSA) is 38.7 Å². The van der Waals surface area contributed by atoms with Crippen LogP contribution in [-0.4, -0.2) is 51.1 Å². The van der Waals surface area contributed by atoms with Gasteiger partial charge in [-0.05, 0) is 0 Å². The molecule has 0 aliphatic rings. The molecule has 0 bridgehead atoms. The van der Waals surface area contributed by atoms with E-state index in [4.69, 9.17) is 5.11 Å². The molecule has 0 radical (unpaired) electrons. The van der Waals surface area contributed by atoms with Gasteiger partial charge in [0.1, 0.15) is 0 Å². The molecular formula is C4H11LiO3. The van der Waals surface area contributed by atoms with Gasteiger partial charge in [-0.15, -0.1) is 0 Å². The Labute approximate surface area is 61.2 Å². The maximum atomic E-state index is 8.28. The van der Waals surface area contributed by atoms with Gasteiger partial charge in [0.25, 0.3) is 0 Å². The van der Waals surface area contributed by atoms with E-state index in [-0.39, 0.29) is 25.5 Å². The summed E-state index contributed by atoms with van der Waals surface area (Å²) in [6.45, 7) is -0.0903. The Morgan fingerprint density at radius 3 is 1.75 bits per heavy atom. The quantitative estimate of drug-likeness (QED) is 0.376. The first-order valence-corrected chi connectivity index (χ1v) is 2.01. The summed E-state index contributed by atoms with van der Waals surface area (Å²) in [6, 6.07) is 0. The Balaban J connectivity index is 0. The predicted octanol–water partition coefficient (Wildman–Crippen LogP) is -1.05. The van der Waals surface area contributed by atoms with Crippen molar-refractivity contribution in [3.8, 4) is 0 Å². The molecule has 0 aromatic heterocycles. The monoisotopic (exact) mass is 114 g/mol. The molecule has 0 saturated heterocycles. The van der Waals surface area contributed by atoms with Gasteiger partial charge in [0.15, 0.2) is 6.29 Å². The summed E-state index contributed by atoms with van der Waals surface area (Å²) < 4.78 is 9.15. The third-order valence-electron chi connectivity index (χ3n) is 0.675. The van der Waals surface area contributed by atoms with Crippen LogP contribution in [0.4, 0.5) is 0 Å². The van der Waals surface area contributed by atoms with Crippen LogP contribution in [0, 0.1) is 0 Å². The van der Waals surface area contributed by atoms with Crippen molar-refractivity contribution >= 4 is 18.9 Å². The van der Waals surface area contributed by atoms with Crippen molar-refractivity contribution in [2.24, 2.45) is 0 Å². The van der Waals surface area contributed by atoms with E-state index in [0.717, 1.165) is 0 Å². The Kier molecular flexibility index (Phi) is 10.6. The Hall–Kier alpha value is 0.477. The van der Waals surface area contributed by atoms with Crippen LogP contribution in [0.3, 0.4) is 0 Å². The molecule has 0 fully saturated rings. The van der Waals surface area contributed by atoms with Gasteiger partial charge in [0.2, 0.25) is 0 Å². The molecule has 0 unspecified atom stereocenters. The van der Waals surface area contributed by atoms with Crippen LogP contribution in [0.25, 0.3) is 0 Å². The molecule has 4 heteroatoms. The fourth-order valence-corrected chi connectivity index (χ4v) is 0.245. The second kappa shape index (κ2) is 7.48. The van der Waals surface area contributed by atoms with Gasteiger partial charge in [0, 0.05) is 14.2 Å². The number of methoxy groups -OCH3 is 2. The minimum atomic E-state index is -0.458. The molecule has 0 aliphatic heterocycles. The van der Waals surface area contributed by atoms with Crippen LogP contribution in [-0.2, 0) is 9.47 Å². The van der Waals surface area contributed by atoms with Crippen molar-refractivity contribution in [2.75, 3.05) is 20.8 Å². The second-order valence-corrected chi connectivity index (χ2v) is 1.08. The fourth-order valence-electron chi connectivity index (χ4n) is 0.245. The SMILES string of the molecule is COC(CO)OC.[LiH]. The first-order chi connectivity index (χ1) is 3.35. The van der Waals surface area contributed by atoms with Gasteiger partial charge < -0.3 is 14.6 Å². The number of rotatable bonds is 3. The summed E-state index contributed by atoms with van der Waals surface area (Å²) in [6.07, 6.45) is -0.458. The number of hydrogen-bond acceptors (Lipinski definition) is 3. The van der Waals surface area contributed by atoms with Crippen LogP contribution >= 0.6 is 0 Å². The summed E-state index contributed by atoms with van der Waals surface area (Å²) in [7, 11) is 2.95. The van der Waals surface area contributed by atoms with E-state index in [1.165, 1.54) is 14.2 Å². The van der Waals surface area contributed by atoms with E-state index >= 15 is 0 Å². The van der Waals surface area contributed by atoms with Crippen molar-refractivity contribution in [2.45, 2.75) is 6.29 Å². The summed E-state index contributed by atoms with van der Waals surface area (Å²) in [5.74, 6) is 0. The molecule has 0 spiro atoms. The van der Waals surface area contributed by atoms with E-state index in [9.17, 15) is 0 Å². The zero-order valence-corrected chi connectivity index (χ0v) is 4.55. The van der Waals surface area contributed by atoms with Gasteiger partial charge in [-0.2, -0.15) is 0 Å². The predicted molar refractivity (Wildman–Crippen MR) is 32.0 cm³/mol. The number of aliphatic hydroxyl groups excluding tert-OH is 1. The summed E-state index contributed by atoms with van der Waals surface area (Å²) in [5, 5.41) is 8.28. The maximum absolute atomic E-state index is 8.28. The van der Waals surface area contributed by atoms with E-state index in [1.54, 1.807) is 0 Å². The van der Waals surface area contributed by atoms with Crippen molar-refractivity contribution in [3.63, 3.8) is 0 Å². The van der Waals surface area contributed by atoms with Gasteiger partial charge in [-0.3, -0.25) is 0 Å². The zero-order chi connectivity index (χ0) is 5.70. The third kappa shape index (κ3) is 4.63. The summed E-state index contributed by atoms with van der Waals surface area (Å²) in [4.78, 5) is 0. The third-order valence-corrected chi connectivity index (χ3v) is 0.675. The van der Waals surface area contributed by atoms with Crippen LogP contribution < -0.4 is 0 Å². The summed E-state index contributed by atoms with van der Waals surface area (Å²) in [5.41, 5.74) is 0. The molecule has 0 aromatic carbocycles.